The van der Waals surface area contributed by atoms with Crippen LogP contribution in [0.25, 0.3) is 0 Å². The minimum Gasteiger partial charge on any atom is -0.480 e. The molecule has 0 aliphatic carbocycles. The van der Waals surface area contributed by atoms with Crippen molar-refractivity contribution in [3.8, 4) is 0 Å². The second kappa shape index (κ2) is 7.00. The van der Waals surface area contributed by atoms with E-state index in [2.05, 4.69) is 15.9 Å². The first-order chi connectivity index (χ1) is 9.97. The highest BCUT2D eigenvalue weighted by atomic mass is 79.9. The van der Waals surface area contributed by atoms with Crippen LogP contribution >= 0.6 is 15.9 Å². The van der Waals surface area contributed by atoms with E-state index in [0.29, 0.717) is 36.0 Å². The molecule has 0 aromatic heterocycles. The summed E-state index contributed by atoms with van der Waals surface area (Å²) in [5, 5.41) is 8.55. The average molecular weight is 360 g/mol. The number of hydrogen-bond donors (Lipinski definition) is 1. The van der Waals surface area contributed by atoms with Crippen LogP contribution < -0.4 is 0 Å². The number of amides is 1. The van der Waals surface area contributed by atoms with E-state index in [4.69, 9.17) is 9.84 Å². The maximum absolute atomic E-state index is 13.5. The van der Waals surface area contributed by atoms with Gasteiger partial charge in [0.1, 0.15) is 12.4 Å². The second-order valence-electron chi connectivity index (χ2n) is 4.83. The molecule has 7 heteroatoms. The first kappa shape index (κ1) is 15.9. The van der Waals surface area contributed by atoms with Crippen molar-refractivity contribution >= 4 is 27.8 Å². The number of carbonyl (C=O) groups is 2. The van der Waals surface area contributed by atoms with E-state index >= 15 is 0 Å². The lowest BCUT2D eigenvalue weighted by Gasteiger charge is -2.31. The summed E-state index contributed by atoms with van der Waals surface area (Å²) in [5.41, 5.74) is 0.306. The standard InChI is InChI=1S/C14H15BrFNO4/c15-11-2-1-9(7-12(11)16)14(20)17-5-3-10(4-6-17)21-8-13(18)19/h1-2,7,10H,3-6,8H2,(H,18,19). The molecule has 114 valence electrons. The fourth-order valence-electron chi connectivity index (χ4n) is 2.23. The van der Waals surface area contributed by atoms with Crippen molar-refractivity contribution in [2.75, 3.05) is 19.7 Å². The third-order valence-corrected chi connectivity index (χ3v) is 3.98. The Hall–Kier alpha value is -1.47. The molecule has 1 aliphatic heterocycles. The predicted molar refractivity (Wildman–Crippen MR) is 76.6 cm³/mol. The van der Waals surface area contributed by atoms with E-state index in [-0.39, 0.29) is 18.6 Å². The van der Waals surface area contributed by atoms with Gasteiger partial charge in [-0.2, -0.15) is 0 Å². The monoisotopic (exact) mass is 359 g/mol. The van der Waals surface area contributed by atoms with Crippen LogP contribution in [0, 0.1) is 5.82 Å². The Kier molecular flexibility index (Phi) is 5.30. The number of rotatable bonds is 4. The molecule has 0 radical (unpaired) electrons. The Morgan fingerprint density at radius 3 is 2.62 bits per heavy atom. The number of halogens is 2. The van der Waals surface area contributed by atoms with Crippen LogP contribution in [0.5, 0.6) is 0 Å². The lowest BCUT2D eigenvalue weighted by Crippen LogP contribution is -2.41. The highest BCUT2D eigenvalue weighted by Gasteiger charge is 2.24. The van der Waals surface area contributed by atoms with Crippen LogP contribution in [-0.2, 0) is 9.53 Å². The smallest absolute Gasteiger partial charge is 0.329 e. The number of carboxylic acid groups (broad SMARTS) is 1. The summed E-state index contributed by atoms with van der Waals surface area (Å²) in [6.07, 6.45) is 1.02. The van der Waals surface area contributed by atoms with Gasteiger partial charge in [0.15, 0.2) is 0 Å². The van der Waals surface area contributed by atoms with E-state index in [1.807, 2.05) is 0 Å². The molecule has 0 spiro atoms. The first-order valence-corrected chi connectivity index (χ1v) is 7.34. The maximum Gasteiger partial charge on any atom is 0.329 e. The summed E-state index contributed by atoms with van der Waals surface area (Å²) in [6.45, 7) is 0.623. The SMILES string of the molecule is O=C(O)COC1CCN(C(=O)c2ccc(Br)c(F)c2)CC1. The average Bonchev–Trinajstić information content (AvgIpc) is 2.48. The number of benzene rings is 1. The fraction of sp³-hybridized carbons (Fsp3) is 0.429. The Balaban J connectivity index is 1.90. The quantitative estimate of drug-likeness (QED) is 0.895. The Morgan fingerprint density at radius 2 is 2.05 bits per heavy atom. The van der Waals surface area contributed by atoms with E-state index in [1.165, 1.54) is 12.1 Å². The van der Waals surface area contributed by atoms with Gasteiger partial charge >= 0.3 is 5.97 Å². The van der Waals surface area contributed by atoms with Gasteiger partial charge in [0.05, 0.1) is 10.6 Å². The molecule has 1 fully saturated rings. The fourth-order valence-corrected chi connectivity index (χ4v) is 2.47. The van der Waals surface area contributed by atoms with E-state index in [1.54, 1.807) is 11.0 Å². The molecule has 0 bridgehead atoms. The summed E-state index contributed by atoms with van der Waals surface area (Å²) in [5.74, 6) is -1.70. The van der Waals surface area contributed by atoms with Crippen molar-refractivity contribution < 1.29 is 23.8 Å². The van der Waals surface area contributed by atoms with E-state index in [0.717, 1.165) is 0 Å². The number of hydrogen-bond acceptors (Lipinski definition) is 3. The third-order valence-electron chi connectivity index (χ3n) is 3.34. The molecule has 2 rings (SSSR count). The Labute approximate surface area is 129 Å². The van der Waals surface area contributed by atoms with Crippen LogP contribution in [0.15, 0.2) is 22.7 Å². The number of ether oxygens (including phenoxy) is 1. The number of nitrogens with zero attached hydrogens (tertiary/aromatic N) is 1. The minimum absolute atomic E-state index is 0.146. The molecular weight excluding hydrogens is 345 g/mol. The topological polar surface area (TPSA) is 66.8 Å². The highest BCUT2D eigenvalue weighted by molar-refractivity contribution is 9.10. The Morgan fingerprint density at radius 1 is 1.38 bits per heavy atom. The molecule has 1 aliphatic rings. The molecule has 1 heterocycles. The number of carbonyl (C=O) groups excluding carboxylic acids is 1. The van der Waals surface area contributed by atoms with Gasteiger partial charge in [0.25, 0.3) is 5.91 Å². The Bertz CT molecular complexity index is 544. The number of carboxylic acids is 1. The zero-order valence-corrected chi connectivity index (χ0v) is 12.8. The maximum atomic E-state index is 13.5. The second-order valence-corrected chi connectivity index (χ2v) is 5.68. The highest BCUT2D eigenvalue weighted by Crippen LogP contribution is 2.20. The van der Waals surface area contributed by atoms with Gasteiger partial charge in [-0.25, -0.2) is 9.18 Å². The minimum atomic E-state index is -1.00. The molecule has 1 aromatic rings. The zero-order valence-electron chi connectivity index (χ0n) is 11.2. The van der Waals surface area contributed by atoms with E-state index in [9.17, 15) is 14.0 Å². The van der Waals surface area contributed by atoms with Gasteiger partial charge in [-0.1, -0.05) is 0 Å². The first-order valence-electron chi connectivity index (χ1n) is 6.55. The van der Waals surface area contributed by atoms with Crippen LogP contribution in [0.1, 0.15) is 23.2 Å². The van der Waals surface area contributed by atoms with Gasteiger partial charge in [-0.3, -0.25) is 4.79 Å². The number of aliphatic carboxylic acids is 1. The van der Waals surface area contributed by atoms with Crippen LogP contribution in [-0.4, -0.2) is 47.7 Å². The van der Waals surface area contributed by atoms with Crippen molar-refractivity contribution in [1.82, 2.24) is 4.90 Å². The van der Waals surface area contributed by atoms with E-state index < -0.39 is 11.8 Å². The lowest BCUT2D eigenvalue weighted by molar-refractivity contribution is -0.145. The van der Waals surface area contributed by atoms with Crippen LogP contribution in [0.4, 0.5) is 4.39 Å². The van der Waals surface area contributed by atoms with Gasteiger partial charge in [-0.05, 0) is 47.0 Å². The van der Waals surface area contributed by atoms with Crippen LogP contribution in [0.3, 0.4) is 0 Å². The third kappa shape index (κ3) is 4.25. The van der Waals surface area contributed by atoms with Crippen LogP contribution in [0.2, 0.25) is 0 Å². The molecular formula is C14H15BrFNO4. The molecule has 1 amide bonds. The van der Waals surface area contributed by atoms with Crippen molar-refractivity contribution in [1.29, 1.82) is 0 Å². The van der Waals surface area contributed by atoms with Gasteiger partial charge < -0.3 is 14.7 Å². The van der Waals surface area contributed by atoms with Crippen molar-refractivity contribution in [2.45, 2.75) is 18.9 Å². The summed E-state index contributed by atoms with van der Waals surface area (Å²) in [4.78, 5) is 24.3. The molecule has 0 atom stereocenters. The number of piperidine rings is 1. The molecule has 1 aromatic carbocycles. The molecule has 21 heavy (non-hydrogen) atoms. The molecule has 0 unspecified atom stereocenters. The predicted octanol–water partition coefficient (Wildman–Crippen LogP) is 2.29. The molecule has 0 saturated carbocycles. The molecule has 5 nitrogen and oxygen atoms in total. The van der Waals surface area contributed by atoms with Gasteiger partial charge in [0.2, 0.25) is 0 Å². The zero-order chi connectivity index (χ0) is 15.4. The summed E-state index contributed by atoms with van der Waals surface area (Å²) >= 11 is 3.05. The van der Waals surface area contributed by atoms with Gasteiger partial charge in [-0.15, -0.1) is 0 Å². The number of likely N-dealkylation sites (tertiary alicyclic amines) is 1. The summed E-state index contributed by atoms with van der Waals surface area (Å²) in [6, 6.07) is 4.28. The summed E-state index contributed by atoms with van der Waals surface area (Å²) < 4.78 is 19.0. The van der Waals surface area contributed by atoms with Gasteiger partial charge in [0, 0.05) is 18.7 Å². The molecule has 1 N–H and O–H groups in total. The normalized spacial score (nSPS) is 16.0. The van der Waals surface area contributed by atoms with Crippen molar-refractivity contribution in [3.63, 3.8) is 0 Å². The largest absolute Gasteiger partial charge is 0.480 e. The van der Waals surface area contributed by atoms with Crippen molar-refractivity contribution in [3.05, 3.63) is 34.1 Å². The summed E-state index contributed by atoms with van der Waals surface area (Å²) in [7, 11) is 0. The van der Waals surface area contributed by atoms with Crippen molar-refractivity contribution in [2.24, 2.45) is 0 Å². The molecule has 1 saturated heterocycles. The lowest BCUT2D eigenvalue weighted by atomic mass is 10.1.